The van der Waals surface area contributed by atoms with Crippen molar-refractivity contribution in [3.8, 4) is 0 Å². The van der Waals surface area contributed by atoms with Crippen LogP contribution in [-0.4, -0.2) is 11.1 Å². The van der Waals surface area contributed by atoms with Gasteiger partial charge in [0.2, 0.25) is 0 Å². The second-order valence-electron chi connectivity index (χ2n) is 2.32. The molecule has 0 atom stereocenters. The van der Waals surface area contributed by atoms with Gasteiger partial charge in [-0.3, -0.25) is 4.79 Å². The minimum Gasteiger partial charge on any atom is -0.481 e. The van der Waals surface area contributed by atoms with Crippen LogP contribution in [0.4, 0.5) is 0 Å². The molecule has 0 aliphatic heterocycles. The molecule has 0 spiro atoms. The number of hydrogen-bond acceptors (Lipinski definition) is 1. The molecular weight excluding hydrogens is 116 g/mol. The quantitative estimate of drug-likeness (QED) is 0.574. The number of carbonyl (C=O) groups is 1. The molecule has 1 fully saturated rings. The third-order valence-electron chi connectivity index (χ3n) is 1.58. The third-order valence-corrected chi connectivity index (χ3v) is 1.58. The van der Waals surface area contributed by atoms with E-state index in [9.17, 15) is 4.79 Å². The monoisotopic (exact) mass is 126 g/mol. The van der Waals surface area contributed by atoms with E-state index in [1.165, 1.54) is 0 Å². The lowest BCUT2D eigenvalue weighted by atomic mass is 9.90. The van der Waals surface area contributed by atoms with Gasteiger partial charge in [-0.2, -0.15) is 0 Å². The van der Waals surface area contributed by atoms with Crippen LogP contribution in [0.25, 0.3) is 0 Å². The average Bonchev–Trinajstić information content (AvgIpc) is 1.90. The highest BCUT2D eigenvalue weighted by atomic mass is 16.4. The molecule has 1 rings (SSSR count). The van der Waals surface area contributed by atoms with Gasteiger partial charge in [0.15, 0.2) is 0 Å². The Bertz CT molecular complexity index is 103. The molecule has 1 aliphatic rings. The molecule has 0 unspecified atom stereocenters. The predicted molar refractivity (Wildman–Crippen MR) is 33.6 cm³/mol. The van der Waals surface area contributed by atoms with Crippen LogP contribution < -0.4 is 0 Å². The summed E-state index contributed by atoms with van der Waals surface area (Å²) in [5, 5.41) is 8.50. The fourth-order valence-electron chi connectivity index (χ4n) is 1.01. The molecule has 1 saturated carbocycles. The van der Waals surface area contributed by atoms with Gasteiger partial charge in [-0.05, 0) is 32.1 Å². The van der Waals surface area contributed by atoms with Crippen LogP contribution in [0.1, 0.15) is 19.3 Å². The first kappa shape index (κ1) is 6.59. The molecule has 2 heteroatoms. The van der Waals surface area contributed by atoms with E-state index in [0.717, 1.165) is 19.3 Å². The molecule has 50 valence electrons. The highest BCUT2D eigenvalue weighted by molar-refractivity contribution is 5.70. The maximum atomic E-state index is 10.3. The van der Waals surface area contributed by atoms with Gasteiger partial charge in [-0.15, -0.1) is 0 Å². The Morgan fingerprint density at radius 2 is 2.00 bits per heavy atom. The van der Waals surface area contributed by atoms with E-state index in [1.807, 2.05) is 12.8 Å². The Labute approximate surface area is 54.9 Å². The summed E-state index contributed by atoms with van der Waals surface area (Å²) in [7, 11) is 0. The lowest BCUT2D eigenvalue weighted by molar-refractivity contribution is -0.141. The van der Waals surface area contributed by atoms with Gasteiger partial charge >= 0.3 is 5.97 Å². The summed E-state index contributed by atoms with van der Waals surface area (Å²) in [4.78, 5) is 10.3. The number of carboxylic acid groups (broad SMARTS) is 1. The summed E-state index contributed by atoms with van der Waals surface area (Å²) >= 11 is 0. The molecule has 1 aliphatic carbocycles. The molecule has 2 nitrogen and oxygen atoms in total. The van der Waals surface area contributed by atoms with Crippen LogP contribution in [0.3, 0.4) is 0 Å². The van der Waals surface area contributed by atoms with Crippen LogP contribution in [0, 0.1) is 18.8 Å². The van der Waals surface area contributed by atoms with Crippen LogP contribution in [-0.2, 0) is 4.79 Å². The molecule has 2 radical (unpaired) electrons. The van der Waals surface area contributed by atoms with Crippen molar-refractivity contribution >= 4 is 5.97 Å². The lowest BCUT2D eigenvalue weighted by Gasteiger charge is -2.15. The zero-order valence-corrected chi connectivity index (χ0v) is 5.21. The normalized spacial score (nSPS) is 21.8. The first-order valence-corrected chi connectivity index (χ1v) is 3.17. The summed E-state index contributed by atoms with van der Waals surface area (Å²) in [6, 6.07) is 0. The van der Waals surface area contributed by atoms with E-state index in [2.05, 4.69) is 0 Å². The van der Waals surface area contributed by atoms with Crippen molar-refractivity contribution in [2.24, 2.45) is 5.92 Å². The molecule has 0 heterocycles. The Kier molecular flexibility index (Phi) is 2.09. The maximum Gasteiger partial charge on any atom is 0.306 e. The highest BCUT2D eigenvalue weighted by Crippen LogP contribution is 2.21. The minimum absolute atomic E-state index is 0.140. The Morgan fingerprint density at radius 3 is 2.33 bits per heavy atom. The Hall–Kier alpha value is -0.530. The van der Waals surface area contributed by atoms with E-state index in [1.54, 1.807) is 0 Å². The Balaban J connectivity index is 2.31. The first-order valence-electron chi connectivity index (χ1n) is 3.17. The molecular formula is C7H10O2. The van der Waals surface area contributed by atoms with Crippen molar-refractivity contribution in [1.82, 2.24) is 0 Å². The second kappa shape index (κ2) is 2.85. The van der Waals surface area contributed by atoms with E-state index < -0.39 is 5.97 Å². The van der Waals surface area contributed by atoms with Crippen molar-refractivity contribution in [3.05, 3.63) is 12.8 Å². The molecule has 9 heavy (non-hydrogen) atoms. The van der Waals surface area contributed by atoms with Crippen LogP contribution in [0.5, 0.6) is 0 Å². The smallest absolute Gasteiger partial charge is 0.306 e. The molecule has 0 amide bonds. The van der Waals surface area contributed by atoms with Crippen molar-refractivity contribution in [2.75, 3.05) is 0 Å². The van der Waals surface area contributed by atoms with Crippen LogP contribution in [0.2, 0.25) is 0 Å². The number of aliphatic carboxylic acids is 1. The summed E-state index contributed by atoms with van der Waals surface area (Å²) in [6.45, 7) is 0. The van der Waals surface area contributed by atoms with E-state index in [-0.39, 0.29) is 5.92 Å². The number of rotatable bonds is 1. The standard InChI is InChI=1S/C7H10O2/c8-7(9)6-4-2-1-3-5-6/h2-3,6H,1,4-5H2,(H,8,9). The zero-order valence-electron chi connectivity index (χ0n) is 5.21. The minimum atomic E-state index is -0.665. The lowest BCUT2D eigenvalue weighted by Crippen LogP contribution is -2.16. The van der Waals surface area contributed by atoms with Gasteiger partial charge in [0, 0.05) is 0 Å². The fourth-order valence-corrected chi connectivity index (χ4v) is 1.01. The predicted octanol–water partition coefficient (Wildman–Crippen LogP) is 1.28. The van der Waals surface area contributed by atoms with Gasteiger partial charge in [0.1, 0.15) is 0 Å². The molecule has 0 aromatic carbocycles. The van der Waals surface area contributed by atoms with Crippen molar-refractivity contribution < 1.29 is 9.90 Å². The van der Waals surface area contributed by atoms with Crippen LogP contribution in [0.15, 0.2) is 0 Å². The van der Waals surface area contributed by atoms with Crippen molar-refractivity contribution in [3.63, 3.8) is 0 Å². The summed E-state index contributed by atoms with van der Waals surface area (Å²) in [6.07, 6.45) is 6.49. The third kappa shape index (κ3) is 1.70. The Morgan fingerprint density at radius 1 is 1.44 bits per heavy atom. The van der Waals surface area contributed by atoms with Crippen molar-refractivity contribution in [2.45, 2.75) is 19.3 Å². The van der Waals surface area contributed by atoms with Gasteiger partial charge < -0.3 is 5.11 Å². The number of carboxylic acids is 1. The van der Waals surface area contributed by atoms with E-state index in [4.69, 9.17) is 5.11 Å². The average molecular weight is 126 g/mol. The molecule has 1 N–H and O–H groups in total. The van der Waals surface area contributed by atoms with E-state index in [0.29, 0.717) is 0 Å². The van der Waals surface area contributed by atoms with Crippen molar-refractivity contribution in [1.29, 1.82) is 0 Å². The molecule has 0 aromatic heterocycles. The largest absolute Gasteiger partial charge is 0.481 e. The first-order chi connectivity index (χ1) is 4.30. The zero-order chi connectivity index (χ0) is 6.69. The van der Waals surface area contributed by atoms with E-state index >= 15 is 0 Å². The fraction of sp³-hybridized carbons (Fsp3) is 0.571. The highest BCUT2D eigenvalue weighted by Gasteiger charge is 2.19. The molecule has 0 aromatic rings. The maximum absolute atomic E-state index is 10.3. The van der Waals surface area contributed by atoms with Gasteiger partial charge in [-0.25, -0.2) is 0 Å². The topological polar surface area (TPSA) is 37.3 Å². The number of hydrogen-bond donors (Lipinski definition) is 1. The van der Waals surface area contributed by atoms with Crippen LogP contribution >= 0.6 is 0 Å². The SMILES string of the molecule is O=C(O)C1C[CH]C[CH]C1. The van der Waals surface area contributed by atoms with Gasteiger partial charge in [-0.1, -0.05) is 0 Å². The molecule has 0 bridgehead atoms. The molecule has 0 saturated heterocycles. The van der Waals surface area contributed by atoms with Gasteiger partial charge in [0.05, 0.1) is 5.92 Å². The summed E-state index contributed by atoms with van der Waals surface area (Å²) < 4.78 is 0. The summed E-state index contributed by atoms with van der Waals surface area (Å²) in [5.41, 5.74) is 0. The summed E-state index contributed by atoms with van der Waals surface area (Å²) in [5.74, 6) is -0.805. The van der Waals surface area contributed by atoms with Gasteiger partial charge in [0.25, 0.3) is 0 Å². The second-order valence-corrected chi connectivity index (χ2v) is 2.32.